The monoisotopic (exact) mass is 282 g/mol. The van der Waals surface area contributed by atoms with Gasteiger partial charge in [-0.25, -0.2) is 0 Å². The summed E-state index contributed by atoms with van der Waals surface area (Å²) in [5.74, 6) is 1.45. The first-order valence-electron chi connectivity index (χ1n) is 7.67. The maximum Gasteiger partial charge on any atom is 0.119 e. The van der Waals surface area contributed by atoms with E-state index in [4.69, 9.17) is 4.74 Å². The third kappa shape index (κ3) is 3.24. The van der Waals surface area contributed by atoms with Crippen molar-refractivity contribution in [3.8, 4) is 5.75 Å². The van der Waals surface area contributed by atoms with Crippen LogP contribution in [0.4, 0.5) is 0 Å². The number of para-hydroxylation sites is 1. The van der Waals surface area contributed by atoms with Crippen molar-refractivity contribution in [2.75, 3.05) is 13.7 Å². The summed E-state index contributed by atoms with van der Waals surface area (Å²) >= 11 is 0. The van der Waals surface area contributed by atoms with Gasteiger partial charge >= 0.3 is 0 Å². The van der Waals surface area contributed by atoms with Gasteiger partial charge in [0.25, 0.3) is 0 Å². The maximum atomic E-state index is 5.83. The molecule has 0 radical (unpaired) electrons. The SMILES string of the molecule is CNC(CCOc1ccccc1)C1CCc2cccnc21. The Kier molecular flexibility index (Phi) is 4.51. The topological polar surface area (TPSA) is 34.1 Å². The molecule has 0 saturated carbocycles. The van der Waals surface area contributed by atoms with E-state index in [2.05, 4.69) is 16.4 Å². The van der Waals surface area contributed by atoms with E-state index < -0.39 is 0 Å². The molecule has 0 saturated heterocycles. The van der Waals surface area contributed by atoms with E-state index in [0.29, 0.717) is 12.0 Å². The fourth-order valence-corrected chi connectivity index (χ4v) is 3.20. The normalized spacial score (nSPS) is 18.2. The summed E-state index contributed by atoms with van der Waals surface area (Å²) in [7, 11) is 2.04. The first-order chi connectivity index (χ1) is 10.4. The van der Waals surface area contributed by atoms with E-state index in [0.717, 1.165) is 25.2 Å². The third-order valence-electron chi connectivity index (χ3n) is 4.30. The number of hydrogen-bond acceptors (Lipinski definition) is 3. The number of nitrogens with one attached hydrogen (secondary N) is 1. The number of rotatable bonds is 6. The van der Waals surface area contributed by atoms with E-state index in [9.17, 15) is 0 Å². The molecule has 3 nitrogen and oxygen atoms in total. The fourth-order valence-electron chi connectivity index (χ4n) is 3.20. The highest BCUT2D eigenvalue weighted by molar-refractivity contribution is 5.30. The third-order valence-corrected chi connectivity index (χ3v) is 4.30. The van der Waals surface area contributed by atoms with Gasteiger partial charge in [-0.05, 0) is 50.1 Å². The zero-order valence-electron chi connectivity index (χ0n) is 12.5. The second-order valence-corrected chi connectivity index (χ2v) is 5.54. The fraction of sp³-hybridized carbons (Fsp3) is 0.389. The molecule has 0 aliphatic heterocycles. The summed E-state index contributed by atoms with van der Waals surface area (Å²) in [6.45, 7) is 0.730. The van der Waals surface area contributed by atoms with Gasteiger partial charge in [0, 0.05) is 23.9 Å². The van der Waals surface area contributed by atoms with Crippen LogP contribution in [0.15, 0.2) is 48.7 Å². The largest absolute Gasteiger partial charge is 0.494 e. The van der Waals surface area contributed by atoms with Crippen molar-refractivity contribution in [2.45, 2.75) is 31.2 Å². The summed E-state index contributed by atoms with van der Waals surface area (Å²) < 4.78 is 5.83. The van der Waals surface area contributed by atoms with Crippen LogP contribution in [0.5, 0.6) is 5.75 Å². The van der Waals surface area contributed by atoms with Crippen molar-refractivity contribution < 1.29 is 4.74 Å². The van der Waals surface area contributed by atoms with E-state index >= 15 is 0 Å². The predicted molar refractivity (Wildman–Crippen MR) is 84.7 cm³/mol. The Bertz CT molecular complexity index is 570. The molecule has 1 aliphatic rings. The smallest absolute Gasteiger partial charge is 0.119 e. The second kappa shape index (κ2) is 6.72. The molecule has 1 N–H and O–H groups in total. The van der Waals surface area contributed by atoms with E-state index in [1.807, 2.05) is 49.6 Å². The molecule has 0 amide bonds. The Morgan fingerprint density at radius 3 is 2.90 bits per heavy atom. The maximum absolute atomic E-state index is 5.83. The molecule has 21 heavy (non-hydrogen) atoms. The van der Waals surface area contributed by atoms with Crippen molar-refractivity contribution in [3.05, 3.63) is 59.9 Å². The lowest BCUT2D eigenvalue weighted by molar-refractivity contribution is 0.275. The Morgan fingerprint density at radius 1 is 1.24 bits per heavy atom. The molecule has 0 spiro atoms. The lowest BCUT2D eigenvalue weighted by Crippen LogP contribution is -2.33. The van der Waals surface area contributed by atoms with Crippen LogP contribution in [0.3, 0.4) is 0 Å². The van der Waals surface area contributed by atoms with Crippen LogP contribution in [-0.4, -0.2) is 24.7 Å². The van der Waals surface area contributed by atoms with Crippen LogP contribution in [0.25, 0.3) is 0 Å². The van der Waals surface area contributed by atoms with E-state index in [1.165, 1.54) is 17.7 Å². The molecule has 2 atom stereocenters. The van der Waals surface area contributed by atoms with Gasteiger partial charge in [0.05, 0.1) is 6.61 Å². The zero-order chi connectivity index (χ0) is 14.5. The van der Waals surface area contributed by atoms with Crippen molar-refractivity contribution in [3.63, 3.8) is 0 Å². The van der Waals surface area contributed by atoms with Crippen LogP contribution in [-0.2, 0) is 6.42 Å². The van der Waals surface area contributed by atoms with Gasteiger partial charge in [-0.15, -0.1) is 0 Å². The Labute approximate surface area is 126 Å². The van der Waals surface area contributed by atoms with Gasteiger partial charge < -0.3 is 10.1 Å². The first kappa shape index (κ1) is 14.1. The highest BCUT2D eigenvalue weighted by atomic mass is 16.5. The number of pyridine rings is 1. The number of fused-ring (bicyclic) bond motifs is 1. The minimum Gasteiger partial charge on any atom is -0.494 e. The van der Waals surface area contributed by atoms with Gasteiger partial charge in [0.1, 0.15) is 5.75 Å². The van der Waals surface area contributed by atoms with Crippen LogP contribution in [0.2, 0.25) is 0 Å². The molecule has 110 valence electrons. The molecule has 1 aliphatic carbocycles. The molecule has 3 heteroatoms. The summed E-state index contributed by atoms with van der Waals surface area (Å²) in [5, 5.41) is 3.45. The van der Waals surface area contributed by atoms with Crippen molar-refractivity contribution >= 4 is 0 Å². The standard InChI is InChI=1S/C18H22N2O/c1-19-17(11-13-21-15-7-3-2-4-8-15)16-10-9-14-6-5-12-20-18(14)16/h2-8,12,16-17,19H,9-11,13H2,1H3. The minimum atomic E-state index is 0.421. The molecule has 1 aromatic heterocycles. The number of hydrogen-bond donors (Lipinski definition) is 1. The summed E-state index contributed by atoms with van der Waals surface area (Å²) in [5.41, 5.74) is 2.68. The van der Waals surface area contributed by atoms with Gasteiger partial charge in [-0.1, -0.05) is 24.3 Å². The predicted octanol–water partition coefficient (Wildman–Crippen LogP) is 3.17. The second-order valence-electron chi connectivity index (χ2n) is 5.54. The molecule has 0 fully saturated rings. The van der Waals surface area contributed by atoms with Crippen LogP contribution < -0.4 is 10.1 Å². The van der Waals surface area contributed by atoms with Gasteiger partial charge in [0.15, 0.2) is 0 Å². The molecule has 2 aromatic rings. The lowest BCUT2D eigenvalue weighted by Gasteiger charge is -2.23. The van der Waals surface area contributed by atoms with Crippen LogP contribution in [0.1, 0.15) is 30.0 Å². The summed E-state index contributed by atoms with van der Waals surface area (Å²) in [4.78, 5) is 4.59. The highest BCUT2D eigenvalue weighted by Gasteiger charge is 2.29. The molecule has 2 unspecified atom stereocenters. The molecule has 3 rings (SSSR count). The summed E-state index contributed by atoms with van der Waals surface area (Å²) in [6.07, 6.45) is 5.23. The number of ether oxygens (including phenoxy) is 1. The van der Waals surface area contributed by atoms with Crippen LogP contribution >= 0.6 is 0 Å². The Morgan fingerprint density at radius 2 is 2.10 bits per heavy atom. The summed E-state index contributed by atoms with van der Waals surface area (Å²) in [6, 6.07) is 14.7. The molecular weight excluding hydrogens is 260 g/mol. The molecular formula is C18H22N2O. The minimum absolute atomic E-state index is 0.421. The first-order valence-corrected chi connectivity index (χ1v) is 7.67. The quantitative estimate of drug-likeness (QED) is 0.883. The highest BCUT2D eigenvalue weighted by Crippen LogP contribution is 2.34. The zero-order valence-corrected chi connectivity index (χ0v) is 12.5. The van der Waals surface area contributed by atoms with Crippen molar-refractivity contribution in [1.82, 2.24) is 10.3 Å². The number of aromatic nitrogens is 1. The molecule has 0 bridgehead atoms. The lowest BCUT2D eigenvalue weighted by atomic mass is 9.94. The van der Waals surface area contributed by atoms with Crippen molar-refractivity contribution in [1.29, 1.82) is 0 Å². The number of aryl methyl sites for hydroxylation is 1. The molecule has 1 heterocycles. The van der Waals surface area contributed by atoms with E-state index in [-0.39, 0.29) is 0 Å². The number of nitrogens with zero attached hydrogens (tertiary/aromatic N) is 1. The van der Waals surface area contributed by atoms with Gasteiger partial charge in [-0.3, -0.25) is 4.98 Å². The molecule has 1 aromatic carbocycles. The van der Waals surface area contributed by atoms with Crippen molar-refractivity contribution in [2.24, 2.45) is 0 Å². The van der Waals surface area contributed by atoms with Gasteiger partial charge in [0.2, 0.25) is 0 Å². The average Bonchev–Trinajstić information content (AvgIpc) is 2.97. The number of likely N-dealkylation sites (N-methyl/N-ethyl adjacent to an activating group) is 1. The number of benzene rings is 1. The Hall–Kier alpha value is -1.87. The van der Waals surface area contributed by atoms with Crippen LogP contribution in [0, 0.1) is 0 Å². The average molecular weight is 282 g/mol. The van der Waals surface area contributed by atoms with Gasteiger partial charge in [-0.2, -0.15) is 0 Å². The van der Waals surface area contributed by atoms with E-state index in [1.54, 1.807) is 0 Å². The Balaban J connectivity index is 1.59.